The van der Waals surface area contributed by atoms with E-state index in [1.807, 2.05) is 13.0 Å². The van der Waals surface area contributed by atoms with E-state index in [4.69, 9.17) is 14.7 Å². The fraction of sp³-hybridized carbons (Fsp3) is 0.545. The fourth-order valence-corrected chi connectivity index (χ4v) is 4.25. The van der Waals surface area contributed by atoms with Crippen molar-refractivity contribution >= 4 is 0 Å². The van der Waals surface area contributed by atoms with Crippen LogP contribution < -0.4 is 4.74 Å². The molecular weight excluding hydrogens is 322 g/mol. The Hall–Kier alpha value is -1.94. The zero-order chi connectivity index (χ0) is 17.8. The average molecular weight is 351 g/mol. The second-order valence-electron chi connectivity index (χ2n) is 7.54. The lowest BCUT2D eigenvalue weighted by atomic mass is 9.88. The van der Waals surface area contributed by atoms with E-state index in [1.165, 1.54) is 48.9 Å². The molecular formula is C22H29N3O. The van der Waals surface area contributed by atoms with Crippen LogP contribution in [0, 0.1) is 0 Å². The highest BCUT2D eigenvalue weighted by molar-refractivity contribution is 5.33. The molecule has 4 nitrogen and oxygen atoms in total. The molecule has 1 aliphatic carbocycles. The minimum absolute atomic E-state index is 0.588. The summed E-state index contributed by atoms with van der Waals surface area (Å²) in [7, 11) is 0. The fourth-order valence-electron chi connectivity index (χ4n) is 4.25. The smallest absolute Gasteiger partial charge is 0.131 e. The van der Waals surface area contributed by atoms with Crippen LogP contribution in [0.15, 0.2) is 30.5 Å². The molecule has 0 N–H and O–H groups in total. The molecule has 26 heavy (non-hydrogen) atoms. The molecule has 0 atom stereocenters. The van der Waals surface area contributed by atoms with Gasteiger partial charge in [0, 0.05) is 55.0 Å². The van der Waals surface area contributed by atoms with E-state index in [2.05, 4.69) is 29.3 Å². The van der Waals surface area contributed by atoms with Crippen molar-refractivity contribution in [2.45, 2.75) is 64.5 Å². The Balaban J connectivity index is 1.45. The summed E-state index contributed by atoms with van der Waals surface area (Å²) >= 11 is 0. The number of ether oxygens (including phenoxy) is 1. The second kappa shape index (κ2) is 8.17. The maximum absolute atomic E-state index is 5.78. The van der Waals surface area contributed by atoms with E-state index in [-0.39, 0.29) is 0 Å². The zero-order valence-electron chi connectivity index (χ0n) is 15.8. The van der Waals surface area contributed by atoms with Gasteiger partial charge < -0.3 is 4.74 Å². The number of fused-ring (bicyclic) bond motifs is 1. The second-order valence-corrected chi connectivity index (χ2v) is 7.54. The van der Waals surface area contributed by atoms with Gasteiger partial charge in [-0.2, -0.15) is 0 Å². The number of aromatic nitrogens is 2. The molecule has 0 amide bonds. The van der Waals surface area contributed by atoms with Crippen molar-refractivity contribution < 1.29 is 4.74 Å². The Morgan fingerprint density at radius 1 is 1.15 bits per heavy atom. The molecule has 0 saturated heterocycles. The minimum atomic E-state index is 0.588. The molecule has 1 saturated carbocycles. The van der Waals surface area contributed by atoms with E-state index in [9.17, 15) is 0 Å². The average Bonchev–Trinajstić information content (AvgIpc) is 2.70. The molecule has 1 aromatic heterocycles. The van der Waals surface area contributed by atoms with Crippen LogP contribution in [0.25, 0.3) is 0 Å². The first-order valence-corrected chi connectivity index (χ1v) is 10.1. The van der Waals surface area contributed by atoms with E-state index < -0.39 is 0 Å². The van der Waals surface area contributed by atoms with Crippen LogP contribution in [-0.2, 0) is 19.5 Å². The third-order valence-electron chi connectivity index (χ3n) is 5.67. The summed E-state index contributed by atoms with van der Waals surface area (Å²) in [5, 5.41) is 0. The van der Waals surface area contributed by atoms with Gasteiger partial charge in [0.1, 0.15) is 11.6 Å². The van der Waals surface area contributed by atoms with E-state index in [1.54, 1.807) is 0 Å². The highest BCUT2D eigenvalue weighted by Gasteiger charge is 2.23. The van der Waals surface area contributed by atoms with Gasteiger partial charge in [-0.25, -0.2) is 9.97 Å². The summed E-state index contributed by atoms with van der Waals surface area (Å²) in [6, 6.07) is 8.37. The van der Waals surface area contributed by atoms with Crippen molar-refractivity contribution in [3.05, 3.63) is 53.1 Å². The molecule has 2 heterocycles. The standard InChI is InChI=1S/C22H29N3O/c1-2-26-21-11-7-6-10-18(21)15-25-13-12-20-19(16-25)14-23-22(24-20)17-8-4-3-5-9-17/h6-7,10-11,14,17H,2-5,8-9,12-13,15-16H2,1H3. The molecule has 0 radical (unpaired) electrons. The monoisotopic (exact) mass is 351 g/mol. The molecule has 0 spiro atoms. The van der Waals surface area contributed by atoms with Gasteiger partial charge in [-0.15, -0.1) is 0 Å². The quantitative estimate of drug-likeness (QED) is 0.796. The SMILES string of the molecule is CCOc1ccccc1CN1CCc2nc(C3CCCCC3)ncc2C1. The molecule has 1 aromatic carbocycles. The molecule has 138 valence electrons. The number of hydrogen-bond donors (Lipinski definition) is 0. The lowest BCUT2D eigenvalue weighted by Gasteiger charge is -2.29. The minimum Gasteiger partial charge on any atom is -0.494 e. The maximum Gasteiger partial charge on any atom is 0.131 e. The van der Waals surface area contributed by atoms with Crippen molar-refractivity contribution in [3.63, 3.8) is 0 Å². The van der Waals surface area contributed by atoms with Crippen LogP contribution in [0.2, 0.25) is 0 Å². The number of nitrogens with zero attached hydrogens (tertiary/aromatic N) is 3. The largest absolute Gasteiger partial charge is 0.494 e. The summed E-state index contributed by atoms with van der Waals surface area (Å²) < 4.78 is 5.78. The molecule has 1 aliphatic heterocycles. The van der Waals surface area contributed by atoms with E-state index >= 15 is 0 Å². The first-order chi connectivity index (χ1) is 12.8. The Labute approximate surface area is 156 Å². The van der Waals surface area contributed by atoms with Crippen LogP contribution in [0.3, 0.4) is 0 Å². The number of para-hydroxylation sites is 1. The summed E-state index contributed by atoms with van der Waals surface area (Å²) in [6.45, 7) is 5.64. The number of benzene rings is 1. The summed E-state index contributed by atoms with van der Waals surface area (Å²) in [5.41, 5.74) is 3.83. The molecule has 1 fully saturated rings. The van der Waals surface area contributed by atoms with Crippen LogP contribution in [0.5, 0.6) is 5.75 Å². The third kappa shape index (κ3) is 3.90. The zero-order valence-corrected chi connectivity index (χ0v) is 15.8. The van der Waals surface area contributed by atoms with Gasteiger partial charge in [0.25, 0.3) is 0 Å². The number of hydrogen-bond acceptors (Lipinski definition) is 4. The molecule has 0 bridgehead atoms. The van der Waals surface area contributed by atoms with Gasteiger partial charge in [-0.3, -0.25) is 4.90 Å². The Morgan fingerprint density at radius 3 is 2.85 bits per heavy atom. The highest BCUT2D eigenvalue weighted by atomic mass is 16.5. The predicted molar refractivity (Wildman–Crippen MR) is 103 cm³/mol. The lowest BCUT2D eigenvalue weighted by Crippen LogP contribution is -2.31. The molecule has 0 unspecified atom stereocenters. The Morgan fingerprint density at radius 2 is 2.00 bits per heavy atom. The molecule has 4 rings (SSSR count). The first-order valence-electron chi connectivity index (χ1n) is 10.1. The third-order valence-corrected chi connectivity index (χ3v) is 5.67. The van der Waals surface area contributed by atoms with Crippen molar-refractivity contribution in [1.29, 1.82) is 0 Å². The van der Waals surface area contributed by atoms with Crippen molar-refractivity contribution in [2.75, 3.05) is 13.2 Å². The predicted octanol–water partition coefficient (Wildman–Crippen LogP) is 4.48. The van der Waals surface area contributed by atoms with Crippen molar-refractivity contribution in [1.82, 2.24) is 14.9 Å². The summed E-state index contributed by atoms with van der Waals surface area (Å²) in [6.07, 6.45) is 9.68. The van der Waals surface area contributed by atoms with Crippen LogP contribution in [0.4, 0.5) is 0 Å². The Bertz CT molecular complexity index is 740. The Kier molecular flexibility index (Phi) is 5.49. The summed E-state index contributed by atoms with van der Waals surface area (Å²) in [4.78, 5) is 12.2. The molecule has 2 aliphatic rings. The first kappa shape index (κ1) is 17.5. The van der Waals surface area contributed by atoms with Gasteiger partial charge in [0.15, 0.2) is 0 Å². The number of rotatable bonds is 5. The van der Waals surface area contributed by atoms with Gasteiger partial charge in [-0.1, -0.05) is 37.5 Å². The van der Waals surface area contributed by atoms with Crippen LogP contribution >= 0.6 is 0 Å². The lowest BCUT2D eigenvalue weighted by molar-refractivity contribution is 0.236. The van der Waals surface area contributed by atoms with Gasteiger partial charge in [0.05, 0.1) is 6.61 Å². The van der Waals surface area contributed by atoms with Crippen LogP contribution in [-0.4, -0.2) is 28.0 Å². The van der Waals surface area contributed by atoms with Crippen molar-refractivity contribution in [3.8, 4) is 5.75 Å². The van der Waals surface area contributed by atoms with E-state index in [0.717, 1.165) is 37.6 Å². The normalized spacial score (nSPS) is 18.5. The van der Waals surface area contributed by atoms with Crippen LogP contribution in [0.1, 0.15) is 67.6 Å². The topological polar surface area (TPSA) is 38.2 Å². The van der Waals surface area contributed by atoms with Gasteiger partial charge >= 0.3 is 0 Å². The summed E-state index contributed by atoms with van der Waals surface area (Å²) in [5.74, 6) is 2.69. The molecule has 2 aromatic rings. The molecule has 4 heteroatoms. The van der Waals surface area contributed by atoms with Gasteiger partial charge in [-0.05, 0) is 25.8 Å². The van der Waals surface area contributed by atoms with E-state index in [0.29, 0.717) is 12.5 Å². The highest BCUT2D eigenvalue weighted by Crippen LogP contribution is 2.31. The van der Waals surface area contributed by atoms with Gasteiger partial charge in [0.2, 0.25) is 0 Å². The maximum atomic E-state index is 5.78. The van der Waals surface area contributed by atoms with Crippen molar-refractivity contribution in [2.24, 2.45) is 0 Å².